The van der Waals surface area contributed by atoms with Gasteiger partial charge < -0.3 is 11.1 Å². The molecule has 3 N–H and O–H groups in total. The molecule has 2 rings (SSSR count). The quantitative estimate of drug-likeness (QED) is 0.778. The number of hydrogen-bond acceptors (Lipinski definition) is 2. The molecule has 0 fully saturated rings. The van der Waals surface area contributed by atoms with Crippen LogP contribution >= 0.6 is 39.7 Å². The fourth-order valence-corrected chi connectivity index (χ4v) is 2.48. The predicted octanol–water partition coefficient (Wildman–Crippen LogP) is 4.79. The first-order chi connectivity index (χ1) is 9.00. The first-order valence-corrected chi connectivity index (χ1v) is 7.19. The van der Waals surface area contributed by atoms with E-state index in [1.54, 1.807) is 0 Å². The molecule has 0 aromatic heterocycles. The molecule has 0 saturated carbocycles. The number of para-hydroxylation sites is 1. The molecule has 2 nitrogen and oxygen atoms in total. The standard InChI is InChI=1S/C14H12BrClN2S/c1-8-4-2-5-9(14(17)19)13(8)18-11-7-3-6-10(16)12(11)15/h2-7,18H,1H3,(H2,17,19). The Balaban J connectivity index is 2.49. The topological polar surface area (TPSA) is 38.0 Å². The Morgan fingerprint density at radius 2 is 1.95 bits per heavy atom. The van der Waals surface area contributed by atoms with E-state index >= 15 is 0 Å². The normalized spacial score (nSPS) is 10.3. The van der Waals surface area contributed by atoms with Crippen LogP contribution in [0.25, 0.3) is 0 Å². The van der Waals surface area contributed by atoms with Crippen molar-refractivity contribution in [1.82, 2.24) is 0 Å². The van der Waals surface area contributed by atoms with Crippen molar-refractivity contribution in [3.63, 3.8) is 0 Å². The number of nitrogens with two attached hydrogens (primary N) is 1. The highest BCUT2D eigenvalue weighted by molar-refractivity contribution is 9.10. The van der Waals surface area contributed by atoms with Gasteiger partial charge in [-0.05, 0) is 46.6 Å². The minimum atomic E-state index is 0.365. The van der Waals surface area contributed by atoms with Gasteiger partial charge in [0, 0.05) is 5.56 Å². The summed E-state index contributed by atoms with van der Waals surface area (Å²) in [7, 11) is 0. The number of hydrogen-bond donors (Lipinski definition) is 2. The van der Waals surface area contributed by atoms with Crippen LogP contribution in [-0.4, -0.2) is 4.99 Å². The average Bonchev–Trinajstić information content (AvgIpc) is 2.36. The number of halogens is 2. The largest absolute Gasteiger partial charge is 0.389 e. The highest BCUT2D eigenvalue weighted by Gasteiger charge is 2.10. The summed E-state index contributed by atoms with van der Waals surface area (Å²) in [6, 6.07) is 11.5. The summed E-state index contributed by atoms with van der Waals surface area (Å²) in [5.41, 5.74) is 9.42. The molecule has 0 aliphatic rings. The van der Waals surface area contributed by atoms with Gasteiger partial charge in [0.2, 0.25) is 0 Å². The van der Waals surface area contributed by atoms with Crippen molar-refractivity contribution in [2.75, 3.05) is 5.32 Å². The predicted molar refractivity (Wildman–Crippen MR) is 89.5 cm³/mol. The lowest BCUT2D eigenvalue weighted by molar-refractivity contribution is 1.41. The van der Waals surface area contributed by atoms with E-state index in [0.717, 1.165) is 27.0 Å². The van der Waals surface area contributed by atoms with Crippen molar-refractivity contribution in [3.8, 4) is 0 Å². The second kappa shape index (κ2) is 5.90. The van der Waals surface area contributed by atoms with Crippen molar-refractivity contribution in [1.29, 1.82) is 0 Å². The van der Waals surface area contributed by atoms with Crippen LogP contribution in [0.3, 0.4) is 0 Å². The van der Waals surface area contributed by atoms with Crippen LogP contribution < -0.4 is 11.1 Å². The van der Waals surface area contributed by atoms with E-state index in [1.807, 2.05) is 43.3 Å². The zero-order valence-corrected chi connectivity index (χ0v) is 13.4. The van der Waals surface area contributed by atoms with Crippen LogP contribution in [0.2, 0.25) is 5.02 Å². The summed E-state index contributed by atoms with van der Waals surface area (Å²) < 4.78 is 0.814. The SMILES string of the molecule is Cc1cccc(C(N)=S)c1Nc1cccc(Cl)c1Br. The van der Waals surface area contributed by atoms with Gasteiger partial charge in [0.25, 0.3) is 0 Å². The number of benzene rings is 2. The molecule has 0 unspecified atom stereocenters. The molecule has 0 aliphatic heterocycles. The second-order valence-corrected chi connectivity index (χ2v) is 5.73. The highest BCUT2D eigenvalue weighted by atomic mass is 79.9. The van der Waals surface area contributed by atoms with E-state index in [2.05, 4.69) is 21.2 Å². The molecule has 0 saturated heterocycles. The third-order valence-electron chi connectivity index (χ3n) is 2.75. The Morgan fingerprint density at radius 1 is 1.26 bits per heavy atom. The van der Waals surface area contributed by atoms with Gasteiger partial charge in [0.1, 0.15) is 4.99 Å². The van der Waals surface area contributed by atoms with Crippen LogP contribution in [0.1, 0.15) is 11.1 Å². The van der Waals surface area contributed by atoms with E-state index in [0.29, 0.717) is 10.0 Å². The minimum Gasteiger partial charge on any atom is -0.389 e. The molecule has 98 valence electrons. The molecular formula is C14H12BrClN2S. The summed E-state index contributed by atoms with van der Waals surface area (Å²) in [5.74, 6) is 0. The summed E-state index contributed by atoms with van der Waals surface area (Å²) in [4.78, 5) is 0.365. The Kier molecular flexibility index (Phi) is 4.45. The number of aryl methyl sites for hydroxylation is 1. The zero-order chi connectivity index (χ0) is 14.0. The minimum absolute atomic E-state index is 0.365. The Hall–Kier alpha value is -1.10. The second-order valence-electron chi connectivity index (χ2n) is 4.09. The van der Waals surface area contributed by atoms with E-state index in [1.165, 1.54) is 0 Å². The van der Waals surface area contributed by atoms with E-state index in [-0.39, 0.29) is 0 Å². The van der Waals surface area contributed by atoms with Crippen LogP contribution in [0.5, 0.6) is 0 Å². The molecule has 0 spiro atoms. The molecule has 2 aromatic rings. The van der Waals surface area contributed by atoms with Gasteiger partial charge in [-0.2, -0.15) is 0 Å². The third-order valence-corrected chi connectivity index (χ3v) is 4.37. The first-order valence-electron chi connectivity index (χ1n) is 5.61. The van der Waals surface area contributed by atoms with Crippen LogP contribution in [0.4, 0.5) is 11.4 Å². The maximum absolute atomic E-state index is 6.08. The summed E-state index contributed by atoms with van der Waals surface area (Å²) in [5, 5.41) is 3.98. The fourth-order valence-electron chi connectivity index (χ4n) is 1.77. The van der Waals surface area contributed by atoms with Crippen molar-refractivity contribution < 1.29 is 0 Å². The van der Waals surface area contributed by atoms with Crippen molar-refractivity contribution in [3.05, 3.63) is 57.0 Å². The molecular weight excluding hydrogens is 344 g/mol. The molecule has 0 heterocycles. The number of anilines is 2. The maximum Gasteiger partial charge on any atom is 0.106 e. The highest BCUT2D eigenvalue weighted by Crippen LogP contribution is 2.34. The van der Waals surface area contributed by atoms with Gasteiger partial charge in [0.15, 0.2) is 0 Å². The lowest BCUT2D eigenvalue weighted by Gasteiger charge is -2.15. The molecule has 19 heavy (non-hydrogen) atoms. The molecule has 5 heteroatoms. The molecule has 0 aliphatic carbocycles. The van der Waals surface area contributed by atoms with Gasteiger partial charge in [-0.25, -0.2) is 0 Å². The summed E-state index contributed by atoms with van der Waals surface area (Å²) in [6.45, 7) is 2.00. The van der Waals surface area contributed by atoms with Crippen molar-refractivity contribution in [2.45, 2.75) is 6.92 Å². The fraction of sp³-hybridized carbons (Fsp3) is 0.0714. The molecule has 0 bridgehead atoms. The lowest BCUT2D eigenvalue weighted by Crippen LogP contribution is -2.12. The Morgan fingerprint density at radius 3 is 2.63 bits per heavy atom. The molecule has 0 atom stereocenters. The van der Waals surface area contributed by atoms with Crippen molar-refractivity contribution in [2.24, 2.45) is 5.73 Å². The Bertz CT molecular complexity index is 643. The smallest absolute Gasteiger partial charge is 0.106 e. The lowest BCUT2D eigenvalue weighted by atomic mass is 10.1. The van der Waals surface area contributed by atoms with Gasteiger partial charge in [0.05, 0.1) is 20.9 Å². The van der Waals surface area contributed by atoms with E-state index in [9.17, 15) is 0 Å². The van der Waals surface area contributed by atoms with Gasteiger partial charge in [-0.1, -0.05) is 42.0 Å². The molecule has 0 amide bonds. The molecule has 0 radical (unpaired) electrons. The summed E-state index contributed by atoms with van der Waals surface area (Å²) in [6.07, 6.45) is 0. The number of rotatable bonds is 3. The number of thiocarbonyl (C=S) groups is 1. The Labute approximate surface area is 131 Å². The van der Waals surface area contributed by atoms with Crippen LogP contribution in [0.15, 0.2) is 40.9 Å². The molecule has 2 aromatic carbocycles. The monoisotopic (exact) mass is 354 g/mol. The van der Waals surface area contributed by atoms with E-state index < -0.39 is 0 Å². The third kappa shape index (κ3) is 3.08. The number of nitrogens with one attached hydrogen (secondary N) is 1. The zero-order valence-electron chi connectivity index (χ0n) is 10.2. The average molecular weight is 356 g/mol. The van der Waals surface area contributed by atoms with E-state index in [4.69, 9.17) is 29.6 Å². The van der Waals surface area contributed by atoms with Crippen LogP contribution in [-0.2, 0) is 0 Å². The van der Waals surface area contributed by atoms with Crippen molar-refractivity contribution >= 4 is 56.1 Å². The van der Waals surface area contributed by atoms with Gasteiger partial charge in [-0.3, -0.25) is 0 Å². The van der Waals surface area contributed by atoms with Gasteiger partial charge >= 0.3 is 0 Å². The first kappa shape index (κ1) is 14.3. The maximum atomic E-state index is 6.08. The van der Waals surface area contributed by atoms with Gasteiger partial charge in [-0.15, -0.1) is 0 Å². The van der Waals surface area contributed by atoms with Crippen LogP contribution in [0, 0.1) is 6.92 Å². The summed E-state index contributed by atoms with van der Waals surface area (Å²) >= 11 is 14.6.